The molecule has 0 fully saturated rings. The maximum Gasteiger partial charge on any atom is 0.305 e. The van der Waals surface area contributed by atoms with Crippen molar-refractivity contribution in [2.45, 2.75) is 26.8 Å². The fourth-order valence-corrected chi connectivity index (χ4v) is 2.22. The predicted octanol–water partition coefficient (Wildman–Crippen LogP) is 1.30. The minimum atomic E-state index is -0.929. The number of aromatic nitrogens is 4. The molecule has 24 heavy (non-hydrogen) atoms. The van der Waals surface area contributed by atoms with E-state index in [0.717, 1.165) is 5.56 Å². The lowest BCUT2D eigenvalue weighted by atomic mass is 10.2. The summed E-state index contributed by atoms with van der Waals surface area (Å²) in [7, 11) is 0. The summed E-state index contributed by atoms with van der Waals surface area (Å²) in [5.74, 6) is -0.459. The van der Waals surface area contributed by atoms with Gasteiger partial charge in [-0.1, -0.05) is 44.2 Å². The molecule has 8 nitrogen and oxygen atoms in total. The van der Waals surface area contributed by atoms with Crippen molar-refractivity contribution in [1.29, 1.82) is 0 Å². The first-order chi connectivity index (χ1) is 11.5. The van der Waals surface area contributed by atoms with E-state index in [-0.39, 0.29) is 31.3 Å². The standard InChI is InChI=1S/C16H21N5O3/c1-12(2)10-20(9-8-15(23)24)14(22)11-21-18-16(17-19-21)13-6-4-3-5-7-13/h3-7,12H,8-11H2,1-2H3,(H,23,24). The summed E-state index contributed by atoms with van der Waals surface area (Å²) in [4.78, 5) is 25.9. The van der Waals surface area contributed by atoms with Gasteiger partial charge in [0.1, 0.15) is 6.54 Å². The number of tetrazole rings is 1. The first kappa shape index (κ1) is 17.6. The second-order valence-corrected chi connectivity index (χ2v) is 5.89. The average Bonchev–Trinajstić information content (AvgIpc) is 3.00. The fraction of sp³-hybridized carbons (Fsp3) is 0.438. The Kier molecular flexibility index (Phi) is 6.00. The van der Waals surface area contributed by atoms with E-state index in [1.807, 2.05) is 44.2 Å². The van der Waals surface area contributed by atoms with Crippen LogP contribution < -0.4 is 0 Å². The van der Waals surface area contributed by atoms with Crippen molar-refractivity contribution in [3.63, 3.8) is 0 Å². The third-order valence-corrected chi connectivity index (χ3v) is 3.30. The van der Waals surface area contributed by atoms with E-state index in [9.17, 15) is 9.59 Å². The summed E-state index contributed by atoms with van der Waals surface area (Å²) < 4.78 is 0. The van der Waals surface area contributed by atoms with E-state index in [1.165, 1.54) is 9.70 Å². The van der Waals surface area contributed by atoms with Crippen LogP contribution in [-0.2, 0) is 16.1 Å². The Labute approximate surface area is 140 Å². The lowest BCUT2D eigenvalue weighted by Gasteiger charge is -2.23. The molecule has 0 radical (unpaired) electrons. The van der Waals surface area contributed by atoms with E-state index >= 15 is 0 Å². The zero-order valence-electron chi connectivity index (χ0n) is 13.8. The van der Waals surface area contributed by atoms with Crippen molar-refractivity contribution in [3.05, 3.63) is 30.3 Å². The van der Waals surface area contributed by atoms with Crippen molar-refractivity contribution in [2.75, 3.05) is 13.1 Å². The molecule has 1 aromatic carbocycles. The molecule has 0 saturated heterocycles. The van der Waals surface area contributed by atoms with Gasteiger partial charge in [-0.3, -0.25) is 9.59 Å². The summed E-state index contributed by atoms with van der Waals surface area (Å²) in [6.45, 7) is 4.55. The summed E-state index contributed by atoms with van der Waals surface area (Å²) >= 11 is 0. The predicted molar refractivity (Wildman–Crippen MR) is 86.9 cm³/mol. The Hall–Kier alpha value is -2.77. The van der Waals surface area contributed by atoms with Gasteiger partial charge in [-0.05, 0) is 11.1 Å². The largest absolute Gasteiger partial charge is 0.481 e. The van der Waals surface area contributed by atoms with Crippen LogP contribution in [0, 0.1) is 5.92 Å². The van der Waals surface area contributed by atoms with Gasteiger partial charge in [-0.15, -0.1) is 10.2 Å². The Morgan fingerprint density at radius 2 is 1.96 bits per heavy atom. The third-order valence-electron chi connectivity index (χ3n) is 3.30. The quantitative estimate of drug-likeness (QED) is 0.782. The monoisotopic (exact) mass is 331 g/mol. The van der Waals surface area contributed by atoms with Crippen LogP contribution in [0.5, 0.6) is 0 Å². The Bertz CT molecular complexity index is 684. The third kappa shape index (κ3) is 5.15. The highest BCUT2D eigenvalue weighted by molar-refractivity contribution is 5.76. The first-order valence-electron chi connectivity index (χ1n) is 7.78. The SMILES string of the molecule is CC(C)CN(CCC(=O)O)C(=O)Cn1nnc(-c2ccccc2)n1. The van der Waals surface area contributed by atoms with Gasteiger partial charge in [-0.25, -0.2) is 0 Å². The van der Waals surface area contributed by atoms with E-state index in [1.54, 1.807) is 0 Å². The number of nitrogens with zero attached hydrogens (tertiary/aromatic N) is 5. The second-order valence-electron chi connectivity index (χ2n) is 5.89. The number of carboxylic acids is 1. The minimum absolute atomic E-state index is 0.0633. The maximum atomic E-state index is 12.4. The van der Waals surface area contributed by atoms with Crippen molar-refractivity contribution in [1.82, 2.24) is 25.1 Å². The molecule has 0 bridgehead atoms. The maximum absolute atomic E-state index is 12.4. The van der Waals surface area contributed by atoms with E-state index in [4.69, 9.17) is 5.11 Å². The van der Waals surface area contributed by atoms with Crippen LogP contribution in [-0.4, -0.2) is 55.2 Å². The lowest BCUT2D eigenvalue weighted by molar-refractivity contribution is -0.139. The van der Waals surface area contributed by atoms with Crippen molar-refractivity contribution in [2.24, 2.45) is 5.92 Å². The number of carboxylic acid groups (broad SMARTS) is 1. The zero-order chi connectivity index (χ0) is 17.5. The van der Waals surface area contributed by atoms with Crippen LogP contribution in [0.25, 0.3) is 11.4 Å². The molecule has 8 heteroatoms. The lowest BCUT2D eigenvalue weighted by Crippen LogP contribution is -2.38. The van der Waals surface area contributed by atoms with Crippen molar-refractivity contribution in [3.8, 4) is 11.4 Å². The number of hydrogen-bond acceptors (Lipinski definition) is 5. The highest BCUT2D eigenvalue weighted by Crippen LogP contribution is 2.12. The van der Waals surface area contributed by atoms with Gasteiger partial charge in [0.15, 0.2) is 0 Å². The van der Waals surface area contributed by atoms with Crippen molar-refractivity contribution >= 4 is 11.9 Å². The molecule has 1 N–H and O–H groups in total. The molecule has 0 aliphatic rings. The Balaban J connectivity index is 2.03. The Morgan fingerprint density at radius 3 is 2.58 bits per heavy atom. The number of hydrogen-bond donors (Lipinski definition) is 1. The molecule has 1 aromatic heterocycles. The fourth-order valence-electron chi connectivity index (χ4n) is 2.22. The van der Waals surface area contributed by atoms with Crippen LogP contribution in [0.15, 0.2) is 30.3 Å². The Morgan fingerprint density at radius 1 is 1.25 bits per heavy atom. The van der Waals surface area contributed by atoms with Crippen LogP contribution in [0.1, 0.15) is 20.3 Å². The van der Waals surface area contributed by atoms with E-state index < -0.39 is 5.97 Å². The topological polar surface area (TPSA) is 101 Å². The van der Waals surface area contributed by atoms with Crippen molar-refractivity contribution < 1.29 is 14.7 Å². The van der Waals surface area contributed by atoms with Gasteiger partial charge in [0, 0.05) is 18.7 Å². The second kappa shape index (κ2) is 8.19. The molecule has 0 spiro atoms. The van der Waals surface area contributed by atoms with Crippen LogP contribution in [0.2, 0.25) is 0 Å². The molecule has 0 unspecified atom stereocenters. The van der Waals surface area contributed by atoms with Crippen LogP contribution >= 0.6 is 0 Å². The first-order valence-corrected chi connectivity index (χ1v) is 7.78. The number of rotatable bonds is 8. The van der Waals surface area contributed by atoms with Crippen LogP contribution in [0.4, 0.5) is 0 Å². The minimum Gasteiger partial charge on any atom is -0.481 e. The summed E-state index contributed by atoms with van der Waals surface area (Å²) in [6.07, 6.45) is -0.0848. The molecule has 2 rings (SSSR count). The van der Waals surface area contributed by atoms with Gasteiger partial charge in [0.2, 0.25) is 11.7 Å². The average molecular weight is 331 g/mol. The number of carbonyl (C=O) groups excluding carboxylic acids is 1. The summed E-state index contributed by atoms with van der Waals surface area (Å²) in [6, 6.07) is 9.36. The molecular weight excluding hydrogens is 310 g/mol. The molecule has 0 aliphatic heterocycles. The molecule has 128 valence electrons. The van der Waals surface area contributed by atoms with Gasteiger partial charge >= 0.3 is 5.97 Å². The molecule has 0 saturated carbocycles. The molecule has 0 atom stereocenters. The van der Waals surface area contributed by atoms with Gasteiger partial charge in [0.25, 0.3) is 0 Å². The molecule has 1 amide bonds. The highest BCUT2D eigenvalue weighted by atomic mass is 16.4. The van der Waals surface area contributed by atoms with E-state index in [2.05, 4.69) is 15.4 Å². The zero-order valence-corrected chi connectivity index (χ0v) is 13.8. The molecular formula is C16H21N5O3. The number of aliphatic carboxylic acids is 1. The van der Waals surface area contributed by atoms with Crippen LogP contribution in [0.3, 0.4) is 0 Å². The van der Waals surface area contributed by atoms with E-state index in [0.29, 0.717) is 12.4 Å². The number of amides is 1. The summed E-state index contributed by atoms with van der Waals surface area (Å²) in [5, 5.41) is 20.9. The number of carbonyl (C=O) groups is 2. The molecule has 2 aromatic rings. The number of benzene rings is 1. The van der Waals surface area contributed by atoms with Gasteiger partial charge < -0.3 is 10.0 Å². The molecule has 1 heterocycles. The smallest absolute Gasteiger partial charge is 0.305 e. The normalized spacial score (nSPS) is 10.8. The van der Waals surface area contributed by atoms with Gasteiger partial charge in [-0.2, -0.15) is 4.80 Å². The highest BCUT2D eigenvalue weighted by Gasteiger charge is 2.18. The summed E-state index contributed by atoms with van der Waals surface area (Å²) in [5.41, 5.74) is 0.820. The van der Waals surface area contributed by atoms with Gasteiger partial charge in [0.05, 0.1) is 6.42 Å². The molecule has 0 aliphatic carbocycles.